The van der Waals surface area contributed by atoms with Crippen LogP contribution in [0.5, 0.6) is 5.75 Å². The molecule has 0 saturated carbocycles. The number of nitrogens with zero attached hydrogens (tertiary/aromatic N) is 2. The molecule has 0 bridgehead atoms. The van der Waals surface area contributed by atoms with Crippen LogP contribution in [0.15, 0.2) is 48.5 Å². The summed E-state index contributed by atoms with van der Waals surface area (Å²) >= 11 is 0. The molecular weight excluding hydrogens is 320 g/mol. The number of carboxylic acid groups (broad SMARTS) is 1. The van der Waals surface area contributed by atoms with E-state index in [1.54, 1.807) is 24.3 Å². The number of carboxylic acids is 1. The van der Waals surface area contributed by atoms with Gasteiger partial charge in [0.2, 0.25) is 0 Å². The molecule has 0 saturated heterocycles. The number of rotatable bonds is 4. The van der Waals surface area contributed by atoms with Crippen molar-refractivity contribution in [3.63, 3.8) is 0 Å². The molecule has 3 rings (SSSR count). The second-order valence-electron chi connectivity index (χ2n) is 5.98. The molecule has 1 aliphatic rings. The molecule has 6 heteroatoms. The lowest BCUT2D eigenvalue weighted by atomic mass is 10.1. The van der Waals surface area contributed by atoms with Crippen LogP contribution in [0.1, 0.15) is 15.9 Å². The molecule has 130 valence electrons. The van der Waals surface area contributed by atoms with E-state index in [0.29, 0.717) is 24.4 Å². The zero-order valence-corrected chi connectivity index (χ0v) is 14.0. The lowest BCUT2D eigenvalue weighted by Crippen LogP contribution is -2.34. The summed E-state index contributed by atoms with van der Waals surface area (Å²) in [6, 6.07) is 14.7. The maximum absolute atomic E-state index is 12.8. The Bertz CT molecular complexity index is 773. The van der Waals surface area contributed by atoms with Gasteiger partial charge in [0.05, 0.1) is 0 Å². The van der Waals surface area contributed by atoms with Crippen LogP contribution in [0.25, 0.3) is 0 Å². The molecule has 1 heterocycles. The van der Waals surface area contributed by atoms with Gasteiger partial charge in [0, 0.05) is 37.9 Å². The second kappa shape index (κ2) is 7.25. The number of likely N-dealkylation sites (N-methyl/N-ethyl adjacent to an activating group) is 1. The van der Waals surface area contributed by atoms with Crippen LogP contribution >= 0.6 is 0 Å². The maximum atomic E-state index is 12.8. The minimum Gasteiger partial charge on any atom is -0.482 e. The third-order valence-corrected chi connectivity index (χ3v) is 4.22. The lowest BCUT2D eigenvalue weighted by Gasteiger charge is -2.21. The number of para-hydroxylation sites is 1. The van der Waals surface area contributed by atoms with Crippen molar-refractivity contribution in [3.05, 3.63) is 59.7 Å². The summed E-state index contributed by atoms with van der Waals surface area (Å²) < 4.78 is 5.10. The number of anilines is 1. The number of carbonyl (C=O) groups excluding carboxylic acids is 1. The molecule has 0 spiro atoms. The Labute approximate surface area is 146 Å². The number of hydrogen-bond donors (Lipinski definition) is 1. The van der Waals surface area contributed by atoms with Gasteiger partial charge >= 0.3 is 5.97 Å². The third-order valence-electron chi connectivity index (χ3n) is 4.22. The van der Waals surface area contributed by atoms with Gasteiger partial charge in [-0.15, -0.1) is 0 Å². The highest BCUT2D eigenvalue weighted by atomic mass is 16.5. The van der Waals surface area contributed by atoms with Crippen LogP contribution in [-0.2, 0) is 11.3 Å². The van der Waals surface area contributed by atoms with Crippen LogP contribution in [0.3, 0.4) is 0 Å². The average molecular weight is 340 g/mol. The first-order valence-corrected chi connectivity index (χ1v) is 8.07. The first kappa shape index (κ1) is 16.8. The first-order chi connectivity index (χ1) is 12.0. The monoisotopic (exact) mass is 340 g/mol. The van der Waals surface area contributed by atoms with E-state index in [-0.39, 0.29) is 5.91 Å². The molecule has 0 radical (unpaired) electrons. The normalized spacial score (nSPS) is 13.8. The summed E-state index contributed by atoms with van der Waals surface area (Å²) in [5.74, 6) is -0.651. The second-order valence-corrected chi connectivity index (χ2v) is 5.98. The highest BCUT2D eigenvalue weighted by Gasteiger charge is 2.22. The predicted octanol–water partition coefficient (Wildman–Crippen LogP) is 2.24. The lowest BCUT2D eigenvalue weighted by molar-refractivity contribution is -0.139. The van der Waals surface area contributed by atoms with E-state index in [1.165, 1.54) is 0 Å². The summed E-state index contributed by atoms with van der Waals surface area (Å²) in [5, 5.41) is 8.63. The van der Waals surface area contributed by atoms with Gasteiger partial charge < -0.3 is 19.6 Å². The van der Waals surface area contributed by atoms with Crippen molar-refractivity contribution in [3.8, 4) is 5.75 Å². The first-order valence-electron chi connectivity index (χ1n) is 8.07. The Morgan fingerprint density at radius 2 is 1.80 bits per heavy atom. The molecule has 25 heavy (non-hydrogen) atoms. The Kier molecular flexibility index (Phi) is 4.88. The number of ether oxygens (including phenoxy) is 1. The molecule has 1 aliphatic heterocycles. The zero-order chi connectivity index (χ0) is 17.8. The van der Waals surface area contributed by atoms with Crippen molar-refractivity contribution in [1.82, 2.24) is 4.90 Å². The van der Waals surface area contributed by atoms with Gasteiger partial charge in [0.1, 0.15) is 5.75 Å². The highest BCUT2D eigenvalue weighted by molar-refractivity contribution is 5.94. The van der Waals surface area contributed by atoms with Gasteiger partial charge in [-0.1, -0.05) is 18.2 Å². The molecule has 1 amide bonds. The molecule has 1 N–H and O–H groups in total. The van der Waals surface area contributed by atoms with Crippen molar-refractivity contribution in [2.75, 3.05) is 31.6 Å². The Balaban J connectivity index is 1.73. The number of benzene rings is 2. The maximum Gasteiger partial charge on any atom is 0.341 e. The van der Waals surface area contributed by atoms with E-state index in [0.717, 1.165) is 17.8 Å². The van der Waals surface area contributed by atoms with Crippen molar-refractivity contribution < 1.29 is 19.4 Å². The van der Waals surface area contributed by atoms with Gasteiger partial charge in [-0.05, 0) is 35.9 Å². The van der Waals surface area contributed by atoms with Gasteiger partial charge in [-0.3, -0.25) is 4.79 Å². The summed E-state index contributed by atoms with van der Waals surface area (Å²) in [4.78, 5) is 27.3. The number of aliphatic carboxylic acids is 1. The van der Waals surface area contributed by atoms with Gasteiger partial charge in [-0.25, -0.2) is 4.79 Å². The summed E-state index contributed by atoms with van der Waals surface area (Å²) in [7, 11) is 2.03. The number of amides is 1. The fraction of sp³-hybridized carbons (Fsp3) is 0.263. The largest absolute Gasteiger partial charge is 0.482 e. The van der Waals surface area contributed by atoms with Crippen molar-refractivity contribution in [1.29, 1.82) is 0 Å². The van der Waals surface area contributed by atoms with Crippen LogP contribution in [0.2, 0.25) is 0 Å². The molecule has 6 nitrogen and oxygen atoms in total. The molecule has 0 aliphatic carbocycles. The quantitative estimate of drug-likeness (QED) is 0.924. The van der Waals surface area contributed by atoms with Crippen molar-refractivity contribution in [2.45, 2.75) is 6.54 Å². The standard InChI is InChI=1S/C19H20N2O4/c1-20-10-11-21(12-15-4-2-3-5-17(15)20)19(24)14-6-8-16(9-7-14)25-13-18(22)23/h2-9H,10-13H2,1H3,(H,22,23). The summed E-state index contributed by atoms with van der Waals surface area (Å²) in [5.41, 5.74) is 2.83. The Hall–Kier alpha value is -3.02. The molecule has 0 aromatic heterocycles. The van der Waals surface area contributed by atoms with E-state index >= 15 is 0 Å². The molecule has 2 aromatic carbocycles. The number of carbonyl (C=O) groups is 2. The fourth-order valence-electron chi connectivity index (χ4n) is 2.89. The smallest absolute Gasteiger partial charge is 0.341 e. The van der Waals surface area contributed by atoms with E-state index in [1.807, 2.05) is 30.1 Å². The van der Waals surface area contributed by atoms with Crippen LogP contribution in [0.4, 0.5) is 5.69 Å². The Morgan fingerprint density at radius 3 is 2.52 bits per heavy atom. The van der Waals surface area contributed by atoms with Crippen LogP contribution in [0, 0.1) is 0 Å². The molecule has 0 fully saturated rings. The third kappa shape index (κ3) is 3.91. The number of hydrogen-bond acceptors (Lipinski definition) is 4. The highest BCUT2D eigenvalue weighted by Crippen LogP contribution is 2.24. The predicted molar refractivity (Wildman–Crippen MR) is 94.0 cm³/mol. The minimum atomic E-state index is -1.03. The van der Waals surface area contributed by atoms with Gasteiger partial charge in [0.25, 0.3) is 5.91 Å². The molecule has 0 atom stereocenters. The van der Waals surface area contributed by atoms with E-state index in [4.69, 9.17) is 9.84 Å². The Morgan fingerprint density at radius 1 is 1.08 bits per heavy atom. The molecular formula is C19H20N2O4. The molecule has 0 unspecified atom stereocenters. The summed E-state index contributed by atoms with van der Waals surface area (Å²) in [6.45, 7) is 1.57. The molecule has 2 aromatic rings. The summed E-state index contributed by atoms with van der Waals surface area (Å²) in [6.07, 6.45) is 0. The van der Waals surface area contributed by atoms with Gasteiger partial charge in [0.15, 0.2) is 6.61 Å². The topological polar surface area (TPSA) is 70.1 Å². The van der Waals surface area contributed by atoms with E-state index in [9.17, 15) is 9.59 Å². The van der Waals surface area contributed by atoms with Crippen molar-refractivity contribution in [2.24, 2.45) is 0 Å². The minimum absolute atomic E-state index is 0.0464. The SMILES string of the molecule is CN1CCN(C(=O)c2ccc(OCC(=O)O)cc2)Cc2ccccc21. The van der Waals surface area contributed by atoms with E-state index < -0.39 is 12.6 Å². The zero-order valence-electron chi connectivity index (χ0n) is 14.0. The average Bonchev–Trinajstić information content (AvgIpc) is 2.79. The van der Waals surface area contributed by atoms with Crippen molar-refractivity contribution >= 4 is 17.6 Å². The fourth-order valence-corrected chi connectivity index (χ4v) is 2.89. The van der Waals surface area contributed by atoms with Crippen LogP contribution < -0.4 is 9.64 Å². The van der Waals surface area contributed by atoms with Gasteiger partial charge in [-0.2, -0.15) is 0 Å². The van der Waals surface area contributed by atoms with E-state index in [2.05, 4.69) is 11.0 Å². The number of fused-ring (bicyclic) bond motifs is 1. The van der Waals surface area contributed by atoms with Crippen LogP contribution in [-0.4, -0.2) is 48.6 Å².